The molecular formula is C16H14N2O4. The van der Waals surface area contributed by atoms with E-state index in [0.29, 0.717) is 18.0 Å². The average Bonchev–Trinajstić information content (AvgIpc) is 2.51. The molecule has 1 aliphatic rings. The predicted molar refractivity (Wildman–Crippen MR) is 81.0 cm³/mol. The van der Waals surface area contributed by atoms with Gasteiger partial charge in [0.15, 0.2) is 6.61 Å². The molecule has 112 valence electrons. The molecule has 1 aliphatic heterocycles. The number of anilines is 1. The van der Waals surface area contributed by atoms with Gasteiger partial charge in [-0.25, -0.2) is 0 Å². The summed E-state index contributed by atoms with van der Waals surface area (Å²) in [6.45, 7) is 2.29. The zero-order valence-electron chi connectivity index (χ0n) is 12.0. The number of nitro groups is 1. The molecule has 1 amide bonds. The summed E-state index contributed by atoms with van der Waals surface area (Å²) in [5, 5.41) is 10.9. The van der Waals surface area contributed by atoms with E-state index in [4.69, 9.17) is 4.74 Å². The number of benzene rings is 2. The molecule has 6 heteroatoms. The van der Waals surface area contributed by atoms with E-state index in [1.54, 1.807) is 0 Å². The van der Waals surface area contributed by atoms with Crippen molar-refractivity contribution in [3.05, 3.63) is 63.7 Å². The fourth-order valence-electron chi connectivity index (χ4n) is 2.35. The van der Waals surface area contributed by atoms with Gasteiger partial charge in [-0.2, -0.15) is 0 Å². The third-order valence-electron chi connectivity index (χ3n) is 3.56. The number of aryl methyl sites for hydroxylation is 1. The van der Waals surface area contributed by atoms with Crippen LogP contribution in [0, 0.1) is 17.0 Å². The lowest BCUT2D eigenvalue weighted by molar-refractivity contribution is -0.384. The van der Waals surface area contributed by atoms with E-state index in [1.165, 1.54) is 23.1 Å². The number of amides is 1. The fourth-order valence-corrected chi connectivity index (χ4v) is 2.35. The van der Waals surface area contributed by atoms with Crippen molar-refractivity contribution in [3.63, 3.8) is 0 Å². The summed E-state index contributed by atoms with van der Waals surface area (Å²) in [5.41, 5.74) is 2.46. The van der Waals surface area contributed by atoms with Crippen LogP contribution in [0.25, 0.3) is 0 Å². The van der Waals surface area contributed by atoms with E-state index in [-0.39, 0.29) is 18.2 Å². The van der Waals surface area contributed by atoms with Crippen molar-refractivity contribution in [1.82, 2.24) is 0 Å². The van der Waals surface area contributed by atoms with Gasteiger partial charge >= 0.3 is 0 Å². The molecule has 0 unspecified atom stereocenters. The lowest BCUT2D eigenvalue weighted by Crippen LogP contribution is -2.38. The molecule has 0 aliphatic carbocycles. The largest absolute Gasteiger partial charge is 0.482 e. The predicted octanol–water partition coefficient (Wildman–Crippen LogP) is 2.83. The SMILES string of the molecule is Cc1ccc(CN2C(=O)COc3ccc([N+](=O)[O-])cc32)cc1. The first kappa shape index (κ1) is 14.1. The molecule has 22 heavy (non-hydrogen) atoms. The highest BCUT2D eigenvalue weighted by Gasteiger charge is 2.27. The number of fused-ring (bicyclic) bond motifs is 1. The fraction of sp³-hybridized carbons (Fsp3) is 0.188. The third kappa shape index (κ3) is 2.63. The molecule has 0 N–H and O–H groups in total. The Kier molecular flexibility index (Phi) is 3.50. The molecule has 0 fully saturated rings. The summed E-state index contributed by atoms with van der Waals surface area (Å²) < 4.78 is 5.34. The molecule has 0 saturated carbocycles. The second kappa shape index (κ2) is 5.48. The van der Waals surface area contributed by atoms with E-state index < -0.39 is 4.92 Å². The van der Waals surface area contributed by atoms with E-state index in [2.05, 4.69) is 0 Å². The number of nitrogens with zero attached hydrogens (tertiary/aromatic N) is 2. The molecule has 1 heterocycles. The summed E-state index contributed by atoms with van der Waals surface area (Å²) in [6, 6.07) is 12.1. The third-order valence-corrected chi connectivity index (χ3v) is 3.56. The van der Waals surface area contributed by atoms with Crippen molar-refractivity contribution in [2.75, 3.05) is 11.5 Å². The Morgan fingerprint density at radius 2 is 1.95 bits per heavy atom. The molecule has 3 rings (SSSR count). The zero-order valence-corrected chi connectivity index (χ0v) is 12.0. The number of carbonyl (C=O) groups excluding carboxylic acids is 1. The van der Waals surface area contributed by atoms with Crippen LogP contribution >= 0.6 is 0 Å². The number of carbonyl (C=O) groups is 1. The molecule has 0 atom stereocenters. The highest BCUT2D eigenvalue weighted by molar-refractivity contribution is 5.98. The molecule has 0 aromatic heterocycles. The van der Waals surface area contributed by atoms with Gasteiger partial charge in [-0.1, -0.05) is 29.8 Å². The smallest absolute Gasteiger partial charge is 0.271 e. The van der Waals surface area contributed by atoms with Gasteiger partial charge in [-0.15, -0.1) is 0 Å². The molecule has 0 saturated heterocycles. The van der Waals surface area contributed by atoms with Gasteiger partial charge in [-0.05, 0) is 18.6 Å². The van der Waals surface area contributed by atoms with Crippen LogP contribution in [0.2, 0.25) is 0 Å². The maximum atomic E-state index is 12.1. The van der Waals surface area contributed by atoms with Crippen LogP contribution in [-0.2, 0) is 11.3 Å². The quantitative estimate of drug-likeness (QED) is 0.645. The Morgan fingerprint density at radius 3 is 2.64 bits per heavy atom. The maximum Gasteiger partial charge on any atom is 0.271 e. The Hall–Kier alpha value is -2.89. The van der Waals surface area contributed by atoms with Crippen molar-refractivity contribution >= 4 is 17.3 Å². The second-order valence-electron chi connectivity index (χ2n) is 5.16. The van der Waals surface area contributed by atoms with Crippen LogP contribution in [0.1, 0.15) is 11.1 Å². The van der Waals surface area contributed by atoms with Crippen molar-refractivity contribution in [3.8, 4) is 5.75 Å². The van der Waals surface area contributed by atoms with E-state index in [0.717, 1.165) is 11.1 Å². The molecule has 0 radical (unpaired) electrons. The minimum atomic E-state index is -0.483. The van der Waals surface area contributed by atoms with Gasteiger partial charge in [0.2, 0.25) is 0 Å². The maximum absolute atomic E-state index is 12.1. The first-order valence-corrected chi connectivity index (χ1v) is 6.82. The number of nitro benzene ring substituents is 1. The van der Waals surface area contributed by atoms with E-state index in [1.807, 2.05) is 31.2 Å². The van der Waals surface area contributed by atoms with Crippen molar-refractivity contribution in [1.29, 1.82) is 0 Å². The van der Waals surface area contributed by atoms with Gasteiger partial charge in [0.25, 0.3) is 11.6 Å². The highest BCUT2D eigenvalue weighted by Crippen LogP contribution is 2.36. The molecule has 6 nitrogen and oxygen atoms in total. The summed E-state index contributed by atoms with van der Waals surface area (Å²) in [6.07, 6.45) is 0. The summed E-state index contributed by atoms with van der Waals surface area (Å²) in [4.78, 5) is 24.1. The number of rotatable bonds is 3. The average molecular weight is 298 g/mol. The van der Waals surface area contributed by atoms with Gasteiger partial charge in [-0.3, -0.25) is 14.9 Å². The van der Waals surface area contributed by atoms with Crippen molar-refractivity contribution in [2.24, 2.45) is 0 Å². The number of hydrogen-bond acceptors (Lipinski definition) is 4. The van der Waals surface area contributed by atoms with Crippen LogP contribution in [0.5, 0.6) is 5.75 Å². The minimum Gasteiger partial charge on any atom is -0.482 e. The number of ether oxygens (including phenoxy) is 1. The topological polar surface area (TPSA) is 72.7 Å². The summed E-state index contributed by atoms with van der Waals surface area (Å²) in [5.74, 6) is 0.269. The molecule has 0 spiro atoms. The van der Waals surface area contributed by atoms with Gasteiger partial charge in [0, 0.05) is 12.1 Å². The highest BCUT2D eigenvalue weighted by atomic mass is 16.6. The Balaban J connectivity index is 1.97. The van der Waals surface area contributed by atoms with Crippen LogP contribution in [0.4, 0.5) is 11.4 Å². The molecule has 2 aromatic rings. The zero-order chi connectivity index (χ0) is 15.7. The van der Waals surface area contributed by atoms with Crippen LogP contribution in [-0.4, -0.2) is 17.4 Å². The van der Waals surface area contributed by atoms with Crippen molar-refractivity contribution in [2.45, 2.75) is 13.5 Å². The lowest BCUT2D eigenvalue weighted by atomic mass is 10.1. The number of non-ortho nitro benzene ring substituents is 1. The van der Waals surface area contributed by atoms with Crippen LogP contribution in [0.3, 0.4) is 0 Å². The van der Waals surface area contributed by atoms with Gasteiger partial charge in [0.05, 0.1) is 17.2 Å². The summed E-state index contributed by atoms with van der Waals surface area (Å²) >= 11 is 0. The van der Waals surface area contributed by atoms with Crippen LogP contribution in [0.15, 0.2) is 42.5 Å². The van der Waals surface area contributed by atoms with Crippen molar-refractivity contribution < 1.29 is 14.5 Å². The van der Waals surface area contributed by atoms with Gasteiger partial charge < -0.3 is 9.64 Å². The standard InChI is InChI=1S/C16H14N2O4/c1-11-2-4-12(5-3-11)9-17-14-8-13(18(20)21)6-7-15(14)22-10-16(17)19/h2-8H,9-10H2,1H3. The normalized spacial score (nSPS) is 13.5. The molecule has 2 aromatic carbocycles. The van der Waals surface area contributed by atoms with E-state index >= 15 is 0 Å². The van der Waals surface area contributed by atoms with Crippen LogP contribution < -0.4 is 9.64 Å². The number of hydrogen-bond donors (Lipinski definition) is 0. The Labute approximate surface area is 127 Å². The second-order valence-corrected chi connectivity index (χ2v) is 5.16. The Morgan fingerprint density at radius 1 is 1.23 bits per heavy atom. The lowest BCUT2D eigenvalue weighted by Gasteiger charge is -2.29. The summed E-state index contributed by atoms with van der Waals surface area (Å²) in [7, 11) is 0. The van der Waals surface area contributed by atoms with Gasteiger partial charge in [0.1, 0.15) is 5.75 Å². The first-order valence-electron chi connectivity index (χ1n) is 6.82. The first-order chi connectivity index (χ1) is 10.5. The minimum absolute atomic E-state index is 0.0589. The van der Waals surface area contributed by atoms with E-state index in [9.17, 15) is 14.9 Å². The molecule has 0 bridgehead atoms. The Bertz CT molecular complexity index is 740. The molecular weight excluding hydrogens is 284 g/mol. The monoisotopic (exact) mass is 298 g/mol.